The number of nitrogens with zero attached hydrogens (tertiary/aromatic N) is 2. The monoisotopic (exact) mass is 259 g/mol. The van der Waals surface area contributed by atoms with Crippen LogP contribution in [0.2, 0.25) is 0 Å². The minimum atomic E-state index is -0.124. The number of rotatable bonds is 2. The summed E-state index contributed by atoms with van der Waals surface area (Å²) in [4.78, 5) is 13.8. The lowest BCUT2D eigenvalue weighted by atomic mass is 9.98. The molecule has 1 aromatic carbocycles. The Balaban J connectivity index is 1.89. The molecule has 19 heavy (non-hydrogen) atoms. The molecular formula is C14H17N3O2. The zero-order valence-corrected chi connectivity index (χ0v) is 10.7. The third kappa shape index (κ3) is 3.46. The summed E-state index contributed by atoms with van der Waals surface area (Å²) >= 11 is 0. The highest BCUT2D eigenvalue weighted by Crippen LogP contribution is 2.17. The number of piperidine rings is 1. The summed E-state index contributed by atoms with van der Waals surface area (Å²) in [5, 5.41) is 20.6. The van der Waals surface area contributed by atoms with E-state index in [0.29, 0.717) is 30.3 Å². The van der Waals surface area contributed by atoms with Crippen LogP contribution in [0.3, 0.4) is 0 Å². The number of carbonyl (C=O) groups excluding carboxylic acids is 1. The Morgan fingerprint density at radius 1 is 1.37 bits per heavy atom. The molecular weight excluding hydrogens is 242 g/mol. The van der Waals surface area contributed by atoms with Crippen LogP contribution in [0, 0.1) is 17.2 Å². The van der Waals surface area contributed by atoms with Crippen molar-refractivity contribution in [2.45, 2.75) is 12.8 Å². The van der Waals surface area contributed by atoms with Crippen molar-refractivity contribution in [3.63, 3.8) is 0 Å². The average Bonchev–Trinajstić information content (AvgIpc) is 2.48. The minimum Gasteiger partial charge on any atom is -0.396 e. The Morgan fingerprint density at radius 3 is 2.53 bits per heavy atom. The summed E-state index contributed by atoms with van der Waals surface area (Å²) in [5.41, 5.74) is 1.26. The van der Waals surface area contributed by atoms with Crippen LogP contribution in [-0.2, 0) is 0 Å². The lowest BCUT2D eigenvalue weighted by Gasteiger charge is -2.31. The Kier molecular flexibility index (Phi) is 4.37. The molecule has 0 bridgehead atoms. The number of hydrogen-bond acceptors (Lipinski definition) is 3. The second kappa shape index (κ2) is 6.21. The number of anilines is 1. The van der Waals surface area contributed by atoms with Crippen LogP contribution in [0.4, 0.5) is 10.5 Å². The molecule has 1 aliphatic rings. The van der Waals surface area contributed by atoms with Gasteiger partial charge in [0.25, 0.3) is 0 Å². The van der Waals surface area contributed by atoms with Gasteiger partial charge in [-0.05, 0) is 43.0 Å². The molecule has 5 heteroatoms. The zero-order valence-electron chi connectivity index (χ0n) is 10.7. The number of amides is 2. The smallest absolute Gasteiger partial charge is 0.321 e. The van der Waals surface area contributed by atoms with Gasteiger partial charge >= 0.3 is 6.03 Å². The number of aliphatic hydroxyl groups excluding tert-OH is 1. The molecule has 0 unspecified atom stereocenters. The van der Waals surface area contributed by atoms with E-state index in [4.69, 9.17) is 10.4 Å². The molecule has 0 spiro atoms. The Labute approximate surface area is 112 Å². The summed E-state index contributed by atoms with van der Waals surface area (Å²) in [7, 11) is 0. The fourth-order valence-electron chi connectivity index (χ4n) is 2.15. The van der Waals surface area contributed by atoms with Gasteiger partial charge in [0.1, 0.15) is 0 Å². The lowest BCUT2D eigenvalue weighted by Crippen LogP contribution is -2.41. The molecule has 2 N–H and O–H groups in total. The summed E-state index contributed by atoms with van der Waals surface area (Å²) in [5.74, 6) is 0.318. The number of aliphatic hydroxyl groups is 1. The zero-order chi connectivity index (χ0) is 13.7. The van der Waals surface area contributed by atoms with E-state index in [1.807, 2.05) is 6.07 Å². The number of carbonyl (C=O) groups is 1. The van der Waals surface area contributed by atoms with Crippen molar-refractivity contribution in [1.82, 2.24) is 4.90 Å². The standard InChI is InChI=1S/C14H17N3O2/c15-9-11-1-3-13(4-2-11)16-14(19)17-7-5-12(10-18)6-8-17/h1-4,12,18H,5-8,10H2,(H,16,19). The maximum absolute atomic E-state index is 12.0. The van der Waals surface area contributed by atoms with E-state index in [1.54, 1.807) is 29.2 Å². The molecule has 0 radical (unpaired) electrons. The van der Waals surface area contributed by atoms with Crippen LogP contribution < -0.4 is 5.32 Å². The molecule has 0 atom stereocenters. The van der Waals surface area contributed by atoms with Crippen molar-refractivity contribution < 1.29 is 9.90 Å². The molecule has 0 saturated carbocycles. The summed E-state index contributed by atoms with van der Waals surface area (Å²) in [6.07, 6.45) is 1.69. The highest BCUT2D eigenvalue weighted by atomic mass is 16.3. The number of benzene rings is 1. The first-order chi connectivity index (χ1) is 9.22. The van der Waals surface area contributed by atoms with Gasteiger partial charge in [-0.1, -0.05) is 0 Å². The number of urea groups is 1. The van der Waals surface area contributed by atoms with Crippen molar-refractivity contribution in [3.8, 4) is 6.07 Å². The molecule has 2 rings (SSSR count). The van der Waals surface area contributed by atoms with E-state index < -0.39 is 0 Å². The van der Waals surface area contributed by atoms with Crippen molar-refractivity contribution >= 4 is 11.7 Å². The van der Waals surface area contributed by atoms with Gasteiger partial charge in [0.15, 0.2) is 0 Å². The van der Waals surface area contributed by atoms with Crippen LogP contribution in [0.25, 0.3) is 0 Å². The van der Waals surface area contributed by atoms with Crippen LogP contribution in [0.15, 0.2) is 24.3 Å². The van der Waals surface area contributed by atoms with E-state index >= 15 is 0 Å². The Bertz CT molecular complexity index is 470. The van der Waals surface area contributed by atoms with Gasteiger partial charge in [-0.2, -0.15) is 5.26 Å². The van der Waals surface area contributed by atoms with Gasteiger partial charge in [-0.25, -0.2) is 4.79 Å². The second-order valence-electron chi connectivity index (χ2n) is 4.73. The van der Waals surface area contributed by atoms with E-state index in [9.17, 15) is 4.79 Å². The maximum atomic E-state index is 12.0. The van der Waals surface area contributed by atoms with E-state index in [1.165, 1.54) is 0 Å². The average molecular weight is 259 g/mol. The van der Waals surface area contributed by atoms with Gasteiger partial charge < -0.3 is 15.3 Å². The minimum absolute atomic E-state index is 0.124. The lowest BCUT2D eigenvalue weighted by molar-refractivity contribution is 0.143. The van der Waals surface area contributed by atoms with Gasteiger partial charge in [-0.15, -0.1) is 0 Å². The van der Waals surface area contributed by atoms with Crippen LogP contribution in [0.1, 0.15) is 18.4 Å². The first-order valence-corrected chi connectivity index (χ1v) is 6.40. The molecule has 0 aromatic heterocycles. The SMILES string of the molecule is N#Cc1ccc(NC(=O)N2CCC(CO)CC2)cc1. The fourth-order valence-corrected chi connectivity index (χ4v) is 2.15. The van der Waals surface area contributed by atoms with Crippen LogP contribution in [0.5, 0.6) is 0 Å². The summed E-state index contributed by atoms with van der Waals surface area (Å²) in [6.45, 7) is 1.55. The Morgan fingerprint density at radius 2 is 2.00 bits per heavy atom. The highest BCUT2D eigenvalue weighted by molar-refractivity contribution is 5.89. The fraction of sp³-hybridized carbons (Fsp3) is 0.429. The Hall–Kier alpha value is -2.06. The van der Waals surface area contributed by atoms with Crippen LogP contribution >= 0.6 is 0 Å². The van der Waals surface area contributed by atoms with Crippen molar-refractivity contribution in [3.05, 3.63) is 29.8 Å². The van der Waals surface area contributed by atoms with Crippen molar-refractivity contribution in [1.29, 1.82) is 5.26 Å². The number of hydrogen-bond donors (Lipinski definition) is 2. The normalized spacial score (nSPS) is 15.9. The first-order valence-electron chi connectivity index (χ1n) is 6.40. The third-order valence-corrected chi connectivity index (χ3v) is 3.43. The predicted molar refractivity (Wildman–Crippen MR) is 71.6 cm³/mol. The molecule has 1 aliphatic heterocycles. The predicted octanol–water partition coefficient (Wildman–Crippen LogP) is 1.79. The highest BCUT2D eigenvalue weighted by Gasteiger charge is 2.22. The first kappa shape index (κ1) is 13.4. The summed E-state index contributed by atoms with van der Waals surface area (Å²) in [6, 6.07) is 8.70. The maximum Gasteiger partial charge on any atom is 0.321 e. The third-order valence-electron chi connectivity index (χ3n) is 3.43. The molecule has 1 fully saturated rings. The molecule has 1 saturated heterocycles. The topological polar surface area (TPSA) is 76.4 Å². The van der Waals surface area contributed by atoms with Crippen LogP contribution in [-0.4, -0.2) is 35.7 Å². The van der Waals surface area contributed by atoms with E-state index in [2.05, 4.69) is 5.32 Å². The van der Waals surface area contributed by atoms with Gasteiger partial charge in [0, 0.05) is 25.4 Å². The van der Waals surface area contributed by atoms with Gasteiger partial charge in [0.05, 0.1) is 11.6 Å². The molecule has 2 amide bonds. The largest absolute Gasteiger partial charge is 0.396 e. The van der Waals surface area contributed by atoms with E-state index in [0.717, 1.165) is 12.8 Å². The van der Waals surface area contributed by atoms with Crippen molar-refractivity contribution in [2.75, 3.05) is 25.0 Å². The number of nitrogens with one attached hydrogen (secondary N) is 1. The van der Waals surface area contributed by atoms with Gasteiger partial charge in [-0.3, -0.25) is 0 Å². The second-order valence-corrected chi connectivity index (χ2v) is 4.73. The molecule has 100 valence electrons. The quantitative estimate of drug-likeness (QED) is 0.850. The molecule has 1 aromatic rings. The van der Waals surface area contributed by atoms with E-state index in [-0.39, 0.29) is 12.6 Å². The van der Waals surface area contributed by atoms with Gasteiger partial charge in [0.2, 0.25) is 0 Å². The molecule has 0 aliphatic carbocycles. The number of likely N-dealkylation sites (tertiary alicyclic amines) is 1. The summed E-state index contributed by atoms with van der Waals surface area (Å²) < 4.78 is 0. The molecule has 5 nitrogen and oxygen atoms in total. The van der Waals surface area contributed by atoms with Crippen molar-refractivity contribution in [2.24, 2.45) is 5.92 Å². The molecule has 1 heterocycles. The number of nitriles is 1.